The summed E-state index contributed by atoms with van der Waals surface area (Å²) in [4.78, 5) is 26.2. The van der Waals surface area contributed by atoms with Crippen LogP contribution in [0.1, 0.15) is 25.7 Å². The van der Waals surface area contributed by atoms with E-state index >= 15 is 0 Å². The van der Waals surface area contributed by atoms with E-state index in [0.717, 1.165) is 29.8 Å². The first-order valence-corrected chi connectivity index (χ1v) is 12.7. The van der Waals surface area contributed by atoms with Gasteiger partial charge in [-0.15, -0.1) is 11.8 Å². The van der Waals surface area contributed by atoms with Crippen molar-refractivity contribution < 1.29 is 22.7 Å². The lowest BCUT2D eigenvalue weighted by molar-refractivity contribution is -0.120. The third-order valence-corrected chi connectivity index (χ3v) is 8.65. The maximum absolute atomic E-state index is 13.0. The molecule has 2 amide bonds. The number of para-hydroxylation sites is 1. The van der Waals surface area contributed by atoms with E-state index in [-0.39, 0.29) is 22.9 Å². The zero-order chi connectivity index (χ0) is 22.7. The smallest absolute Gasteiger partial charge is 0.243 e. The lowest BCUT2D eigenvalue weighted by Gasteiger charge is -2.26. The van der Waals surface area contributed by atoms with E-state index in [1.54, 1.807) is 0 Å². The fourth-order valence-electron chi connectivity index (χ4n) is 3.80. The number of carbonyl (C=O) groups is 2. The van der Waals surface area contributed by atoms with Crippen molar-refractivity contribution in [1.82, 2.24) is 4.31 Å². The molecule has 0 aromatic heterocycles. The number of anilines is 2. The Labute approximate surface area is 191 Å². The number of fused-ring (bicyclic) bond motifs is 1. The van der Waals surface area contributed by atoms with Gasteiger partial charge < -0.3 is 15.4 Å². The van der Waals surface area contributed by atoms with Crippen LogP contribution in [0, 0.1) is 0 Å². The van der Waals surface area contributed by atoms with Crippen molar-refractivity contribution in [2.45, 2.75) is 40.7 Å². The van der Waals surface area contributed by atoms with E-state index in [4.69, 9.17) is 4.74 Å². The van der Waals surface area contributed by atoms with E-state index in [2.05, 4.69) is 10.6 Å². The number of amides is 2. The number of hydrogen-bond acceptors (Lipinski definition) is 6. The highest BCUT2D eigenvalue weighted by atomic mass is 32.2. The molecule has 10 heteroatoms. The number of hydrogen-bond donors (Lipinski definition) is 2. The minimum absolute atomic E-state index is 0.0584. The highest BCUT2D eigenvalue weighted by molar-refractivity contribution is 8.01. The summed E-state index contributed by atoms with van der Waals surface area (Å²) < 4.78 is 32.8. The van der Waals surface area contributed by atoms with Crippen LogP contribution in [0.4, 0.5) is 11.4 Å². The predicted molar refractivity (Wildman–Crippen MR) is 124 cm³/mol. The van der Waals surface area contributed by atoms with Gasteiger partial charge in [0.05, 0.1) is 28.6 Å². The first-order chi connectivity index (χ1) is 15.4. The second-order valence-electron chi connectivity index (χ2n) is 7.67. The van der Waals surface area contributed by atoms with Crippen LogP contribution in [0.3, 0.4) is 0 Å². The van der Waals surface area contributed by atoms with Gasteiger partial charge in [0.2, 0.25) is 21.8 Å². The summed E-state index contributed by atoms with van der Waals surface area (Å²) in [5, 5.41) is 4.96. The molecule has 8 nitrogen and oxygen atoms in total. The van der Waals surface area contributed by atoms with Crippen LogP contribution in [-0.2, 0) is 19.6 Å². The van der Waals surface area contributed by atoms with Gasteiger partial charge in [-0.3, -0.25) is 9.59 Å². The quantitative estimate of drug-likeness (QED) is 0.664. The Morgan fingerprint density at radius 3 is 2.69 bits per heavy atom. The first kappa shape index (κ1) is 22.6. The molecule has 0 radical (unpaired) electrons. The van der Waals surface area contributed by atoms with Crippen LogP contribution in [-0.4, -0.2) is 50.0 Å². The molecule has 32 heavy (non-hydrogen) atoms. The molecule has 0 unspecified atom stereocenters. The highest BCUT2D eigenvalue weighted by Crippen LogP contribution is 2.37. The predicted octanol–water partition coefficient (Wildman–Crippen LogP) is 3.31. The minimum Gasteiger partial charge on any atom is -0.495 e. The molecule has 2 aromatic rings. The number of sulfonamides is 1. The molecule has 1 saturated heterocycles. The SMILES string of the molecule is COc1ccc(S(=O)(=O)N2CCCCC2)cc1NC(=O)C[C@H]1Sc2ccccc2NC1=O. The zero-order valence-electron chi connectivity index (χ0n) is 17.7. The fraction of sp³-hybridized carbons (Fsp3) is 0.364. The van der Waals surface area contributed by atoms with Gasteiger partial charge in [-0.25, -0.2) is 8.42 Å². The van der Waals surface area contributed by atoms with Gasteiger partial charge in [-0.2, -0.15) is 4.31 Å². The van der Waals surface area contributed by atoms with Gasteiger partial charge in [-0.05, 0) is 43.2 Å². The number of thioether (sulfide) groups is 1. The Morgan fingerprint density at radius 2 is 1.94 bits per heavy atom. The topological polar surface area (TPSA) is 105 Å². The third kappa shape index (κ3) is 4.77. The molecule has 2 aliphatic rings. The van der Waals surface area contributed by atoms with Gasteiger partial charge in [0.25, 0.3) is 0 Å². The number of carbonyl (C=O) groups excluding carboxylic acids is 2. The third-order valence-electron chi connectivity index (χ3n) is 5.48. The van der Waals surface area contributed by atoms with Crippen molar-refractivity contribution in [3.05, 3.63) is 42.5 Å². The van der Waals surface area contributed by atoms with Gasteiger partial charge in [-0.1, -0.05) is 18.6 Å². The molecule has 2 N–H and O–H groups in total. The number of ether oxygens (including phenoxy) is 1. The summed E-state index contributed by atoms with van der Waals surface area (Å²) in [5.41, 5.74) is 0.994. The maximum Gasteiger partial charge on any atom is 0.243 e. The van der Waals surface area contributed by atoms with Crippen molar-refractivity contribution in [2.75, 3.05) is 30.8 Å². The van der Waals surface area contributed by atoms with Gasteiger partial charge in [0.15, 0.2) is 0 Å². The summed E-state index contributed by atoms with van der Waals surface area (Å²) in [6.07, 6.45) is 2.64. The molecule has 4 rings (SSSR count). The van der Waals surface area contributed by atoms with E-state index in [9.17, 15) is 18.0 Å². The van der Waals surface area contributed by atoms with Crippen molar-refractivity contribution in [3.8, 4) is 5.75 Å². The Hall–Kier alpha value is -2.56. The molecule has 170 valence electrons. The second kappa shape index (κ2) is 9.51. The van der Waals surface area contributed by atoms with Crippen molar-refractivity contribution in [2.24, 2.45) is 0 Å². The van der Waals surface area contributed by atoms with Crippen LogP contribution in [0.5, 0.6) is 5.75 Å². The van der Waals surface area contributed by atoms with E-state index in [1.807, 2.05) is 24.3 Å². The Morgan fingerprint density at radius 1 is 1.19 bits per heavy atom. The molecule has 2 aromatic carbocycles. The number of benzene rings is 2. The summed E-state index contributed by atoms with van der Waals surface area (Å²) in [6, 6.07) is 11.9. The average Bonchev–Trinajstić information content (AvgIpc) is 2.80. The average molecular weight is 476 g/mol. The fourth-order valence-corrected chi connectivity index (χ4v) is 6.45. The normalized spacial score (nSPS) is 19.0. The molecule has 0 saturated carbocycles. The van der Waals surface area contributed by atoms with Crippen LogP contribution in [0.15, 0.2) is 52.3 Å². The van der Waals surface area contributed by atoms with Crippen LogP contribution in [0.2, 0.25) is 0 Å². The monoisotopic (exact) mass is 475 g/mol. The van der Waals surface area contributed by atoms with Gasteiger partial charge in [0, 0.05) is 24.4 Å². The van der Waals surface area contributed by atoms with Crippen molar-refractivity contribution >= 4 is 45.0 Å². The lowest BCUT2D eigenvalue weighted by atomic mass is 10.2. The Balaban J connectivity index is 1.50. The second-order valence-corrected chi connectivity index (χ2v) is 10.9. The molecule has 0 spiro atoms. The number of rotatable bonds is 6. The lowest BCUT2D eigenvalue weighted by Crippen LogP contribution is -2.35. The number of nitrogens with zero attached hydrogens (tertiary/aromatic N) is 1. The first-order valence-electron chi connectivity index (χ1n) is 10.4. The number of piperidine rings is 1. The zero-order valence-corrected chi connectivity index (χ0v) is 19.3. The largest absolute Gasteiger partial charge is 0.495 e. The maximum atomic E-state index is 13.0. The van der Waals surface area contributed by atoms with E-state index < -0.39 is 21.2 Å². The molecule has 0 bridgehead atoms. The summed E-state index contributed by atoms with van der Waals surface area (Å²) in [5.74, 6) is -0.290. The van der Waals surface area contributed by atoms with Crippen LogP contribution in [0.25, 0.3) is 0 Å². The van der Waals surface area contributed by atoms with E-state index in [0.29, 0.717) is 18.8 Å². The van der Waals surface area contributed by atoms with Crippen molar-refractivity contribution in [1.29, 1.82) is 0 Å². The van der Waals surface area contributed by atoms with E-state index in [1.165, 1.54) is 41.4 Å². The number of methoxy groups -OCH3 is 1. The molecule has 1 fully saturated rings. The molecule has 0 aliphatic carbocycles. The molecular weight excluding hydrogens is 450 g/mol. The molecule has 2 heterocycles. The Bertz CT molecular complexity index is 1130. The van der Waals surface area contributed by atoms with Crippen molar-refractivity contribution in [3.63, 3.8) is 0 Å². The standard InChI is InChI=1S/C22H25N3O5S2/c1-30-18-10-9-15(32(28,29)25-11-5-2-6-12-25)13-17(18)23-21(26)14-20-22(27)24-16-7-3-4-8-19(16)31-20/h3-4,7-10,13,20H,2,5-6,11-12,14H2,1H3,(H,23,26)(H,24,27)/t20-/m1/s1. The molecular formula is C22H25N3O5S2. The van der Waals surface area contributed by atoms with Crippen LogP contribution < -0.4 is 15.4 Å². The number of nitrogens with one attached hydrogen (secondary N) is 2. The molecule has 2 aliphatic heterocycles. The summed E-state index contributed by atoms with van der Waals surface area (Å²) >= 11 is 1.33. The summed E-state index contributed by atoms with van der Waals surface area (Å²) in [7, 11) is -2.21. The van der Waals surface area contributed by atoms with Gasteiger partial charge in [0.1, 0.15) is 5.75 Å². The highest BCUT2D eigenvalue weighted by Gasteiger charge is 2.30. The van der Waals surface area contributed by atoms with Crippen LogP contribution >= 0.6 is 11.8 Å². The van der Waals surface area contributed by atoms with Gasteiger partial charge >= 0.3 is 0 Å². The minimum atomic E-state index is -3.66. The molecule has 1 atom stereocenters. The Kier molecular flexibility index (Phi) is 6.73. The summed E-state index contributed by atoms with van der Waals surface area (Å²) in [6.45, 7) is 0.983.